The lowest BCUT2D eigenvalue weighted by atomic mass is 10.1. The van der Waals surface area contributed by atoms with E-state index in [-0.39, 0.29) is 30.7 Å². The van der Waals surface area contributed by atoms with Crippen molar-refractivity contribution in [1.82, 2.24) is 10.6 Å². The monoisotopic (exact) mass is 733 g/mol. The average molecular weight is 733 g/mol. The van der Waals surface area contributed by atoms with Gasteiger partial charge in [0.25, 0.3) is 0 Å². The average Bonchev–Trinajstić information content (AvgIpc) is 3.12. The highest BCUT2D eigenvalue weighted by Crippen LogP contribution is 2.21. The van der Waals surface area contributed by atoms with Gasteiger partial charge in [-0.15, -0.1) is 0 Å². The van der Waals surface area contributed by atoms with Crippen molar-refractivity contribution in [2.75, 3.05) is 36.0 Å². The van der Waals surface area contributed by atoms with Gasteiger partial charge in [0.1, 0.15) is 17.5 Å². The molecule has 0 saturated heterocycles. The largest absolute Gasteiger partial charge is 0.481 e. The molecule has 0 fully saturated rings. The number of carboxylic acids is 2. The maximum Gasteiger partial charge on any atom is 0.413 e. The number of anilines is 2. The molecule has 4 N–H and O–H groups in total. The zero-order valence-corrected chi connectivity index (χ0v) is 33.5. The molecule has 0 spiro atoms. The minimum atomic E-state index is -1.32. The zero-order chi connectivity index (χ0) is 39.9. The standard InChI is InChI=1S/C18H26N2O6.C18H30N2O2.2C2H6/c1-3-11-20(12-4-2)13-5-7-14(8-6-13)26-18(25)19-15(17(23)24)9-10-16(21)22;1-5-8-15(4)19-18(21)22-17-11-9-16(10-12-17)20(13-6-2)14-7-3;2*1-2/h5-8,15H,3-4,9-12H2,1-2H3,(H,19,25)(H,21,22)(H,23,24);9-12,15H,5-8,13-14H2,1-4H3,(H,19,21);2*1-2H3/t2*15-;;/m01../s1. The summed E-state index contributed by atoms with van der Waals surface area (Å²) in [4.78, 5) is 49.8. The molecule has 2 amide bonds. The first-order valence-electron chi connectivity index (χ1n) is 19.1. The number of nitrogens with one attached hydrogen (secondary N) is 2. The molecule has 0 bridgehead atoms. The Bertz CT molecular complexity index is 1210. The third-order valence-electron chi connectivity index (χ3n) is 7.12. The fourth-order valence-electron chi connectivity index (χ4n) is 4.92. The number of rotatable bonds is 20. The summed E-state index contributed by atoms with van der Waals surface area (Å²) >= 11 is 0. The summed E-state index contributed by atoms with van der Waals surface area (Å²) in [5, 5.41) is 22.7. The molecule has 2 rings (SSSR count). The lowest BCUT2D eigenvalue weighted by molar-refractivity contribution is -0.140. The van der Waals surface area contributed by atoms with Crippen LogP contribution in [0.2, 0.25) is 0 Å². The van der Waals surface area contributed by atoms with Crippen molar-refractivity contribution in [3.8, 4) is 11.5 Å². The van der Waals surface area contributed by atoms with Gasteiger partial charge in [-0.3, -0.25) is 4.79 Å². The molecule has 12 nitrogen and oxygen atoms in total. The first-order chi connectivity index (χ1) is 25.0. The van der Waals surface area contributed by atoms with Crippen LogP contribution in [0.5, 0.6) is 11.5 Å². The molecular weight excluding hydrogens is 664 g/mol. The Morgan fingerprint density at radius 1 is 0.596 bits per heavy atom. The molecule has 0 unspecified atom stereocenters. The van der Waals surface area contributed by atoms with Gasteiger partial charge in [-0.2, -0.15) is 0 Å². The predicted octanol–water partition coefficient (Wildman–Crippen LogP) is 9.36. The van der Waals surface area contributed by atoms with Crippen LogP contribution in [0.25, 0.3) is 0 Å². The minimum Gasteiger partial charge on any atom is -0.481 e. The van der Waals surface area contributed by atoms with E-state index >= 15 is 0 Å². The molecule has 2 aromatic carbocycles. The third kappa shape index (κ3) is 22.4. The van der Waals surface area contributed by atoms with Gasteiger partial charge < -0.3 is 40.1 Å². The van der Waals surface area contributed by atoms with Crippen LogP contribution in [0.3, 0.4) is 0 Å². The maximum absolute atomic E-state index is 11.8. The van der Waals surface area contributed by atoms with E-state index in [1.807, 2.05) is 71.0 Å². The van der Waals surface area contributed by atoms with Crippen LogP contribution in [0.4, 0.5) is 21.0 Å². The molecule has 0 saturated carbocycles. The number of carbonyl (C=O) groups is 4. The molecular formula is C40H68N4O8. The summed E-state index contributed by atoms with van der Waals surface area (Å²) in [7, 11) is 0. The van der Waals surface area contributed by atoms with Crippen LogP contribution >= 0.6 is 0 Å². The van der Waals surface area contributed by atoms with Crippen molar-refractivity contribution in [1.29, 1.82) is 0 Å². The number of aliphatic carboxylic acids is 2. The Balaban J connectivity index is 0. The van der Waals surface area contributed by atoms with Gasteiger partial charge >= 0.3 is 24.1 Å². The van der Waals surface area contributed by atoms with Crippen LogP contribution < -0.4 is 29.9 Å². The Morgan fingerprint density at radius 3 is 1.27 bits per heavy atom. The van der Waals surface area contributed by atoms with Crippen molar-refractivity contribution in [2.24, 2.45) is 0 Å². The van der Waals surface area contributed by atoms with E-state index < -0.39 is 24.1 Å². The fraction of sp³-hybridized carbons (Fsp3) is 0.600. The summed E-state index contributed by atoms with van der Waals surface area (Å²) < 4.78 is 10.4. The van der Waals surface area contributed by atoms with Gasteiger partial charge in [-0.1, -0.05) is 68.7 Å². The predicted molar refractivity (Wildman–Crippen MR) is 212 cm³/mol. The zero-order valence-electron chi connectivity index (χ0n) is 33.5. The van der Waals surface area contributed by atoms with Crippen LogP contribution in [0, 0.1) is 0 Å². The Labute approximate surface area is 313 Å². The Hall–Kier alpha value is -4.48. The first kappa shape index (κ1) is 49.6. The highest BCUT2D eigenvalue weighted by Gasteiger charge is 2.22. The van der Waals surface area contributed by atoms with Crippen LogP contribution in [-0.4, -0.2) is 72.6 Å². The second kappa shape index (κ2) is 31.3. The van der Waals surface area contributed by atoms with E-state index in [1.165, 1.54) is 5.69 Å². The van der Waals surface area contributed by atoms with E-state index in [9.17, 15) is 19.2 Å². The SMILES string of the molecule is CC.CC.CCCN(CCC)c1ccc(OC(=O)N[C@@H](CCC(=O)O)C(=O)O)cc1.CCC[C@@H](C)NC(=O)Oc1ccc(N(CCC)CCC)cc1. The highest BCUT2D eigenvalue weighted by molar-refractivity contribution is 5.81. The molecule has 52 heavy (non-hydrogen) atoms. The van der Waals surface area contributed by atoms with E-state index in [0.29, 0.717) is 5.75 Å². The van der Waals surface area contributed by atoms with Crippen molar-refractivity contribution in [3.05, 3.63) is 48.5 Å². The fourth-order valence-corrected chi connectivity index (χ4v) is 4.92. The molecule has 0 aromatic heterocycles. The second-order valence-electron chi connectivity index (χ2n) is 11.5. The molecule has 0 aliphatic rings. The molecule has 0 aliphatic heterocycles. The number of nitrogens with zero attached hydrogens (tertiary/aromatic N) is 2. The van der Waals surface area contributed by atoms with Crippen LogP contribution in [-0.2, 0) is 9.59 Å². The van der Waals surface area contributed by atoms with Gasteiger partial charge in [0.2, 0.25) is 0 Å². The van der Waals surface area contributed by atoms with Crippen molar-refractivity contribution < 1.29 is 38.9 Å². The van der Waals surface area contributed by atoms with Crippen molar-refractivity contribution in [3.63, 3.8) is 0 Å². The van der Waals surface area contributed by atoms with E-state index in [4.69, 9.17) is 19.7 Å². The summed E-state index contributed by atoms with van der Waals surface area (Å²) in [6.07, 6.45) is 4.38. The van der Waals surface area contributed by atoms with Crippen LogP contribution in [0.1, 0.15) is 121 Å². The molecule has 2 aromatic rings. The minimum absolute atomic E-state index is 0.140. The Kier molecular flexibility index (Phi) is 29.8. The molecule has 0 radical (unpaired) electrons. The lowest BCUT2D eigenvalue weighted by Crippen LogP contribution is -2.42. The number of amides is 2. The molecule has 0 aliphatic carbocycles. The first-order valence-corrected chi connectivity index (χ1v) is 19.1. The molecule has 12 heteroatoms. The normalized spacial score (nSPS) is 11.0. The smallest absolute Gasteiger partial charge is 0.413 e. The third-order valence-corrected chi connectivity index (χ3v) is 7.12. The van der Waals surface area contributed by atoms with E-state index in [0.717, 1.165) is 70.4 Å². The van der Waals surface area contributed by atoms with Gasteiger partial charge in [-0.25, -0.2) is 14.4 Å². The number of hydrogen-bond donors (Lipinski definition) is 4. The second-order valence-corrected chi connectivity index (χ2v) is 11.5. The van der Waals surface area contributed by atoms with Gasteiger partial charge in [0.15, 0.2) is 0 Å². The molecule has 296 valence electrons. The quantitative estimate of drug-likeness (QED) is 0.103. The summed E-state index contributed by atoms with van der Waals surface area (Å²) in [6, 6.07) is 13.5. The number of carboxylic acid groups (broad SMARTS) is 2. The summed E-state index contributed by atoms with van der Waals surface area (Å²) in [5.74, 6) is -1.58. The molecule has 0 heterocycles. The summed E-state index contributed by atoms with van der Waals surface area (Å²) in [6.45, 7) is 24.6. The van der Waals surface area contributed by atoms with Gasteiger partial charge in [-0.05, 0) is 94.0 Å². The van der Waals surface area contributed by atoms with Crippen LogP contribution in [0.15, 0.2) is 48.5 Å². The van der Waals surface area contributed by atoms with Crippen molar-refractivity contribution >= 4 is 35.5 Å². The Morgan fingerprint density at radius 2 is 0.962 bits per heavy atom. The number of carbonyl (C=O) groups excluding carboxylic acids is 2. The lowest BCUT2D eigenvalue weighted by Gasteiger charge is -2.23. The number of ether oxygens (including phenoxy) is 2. The van der Waals surface area contributed by atoms with E-state index in [1.54, 1.807) is 12.1 Å². The number of hydrogen-bond acceptors (Lipinski definition) is 8. The number of benzene rings is 2. The summed E-state index contributed by atoms with van der Waals surface area (Å²) in [5.41, 5.74) is 2.20. The van der Waals surface area contributed by atoms with Crippen molar-refractivity contribution in [2.45, 2.75) is 133 Å². The van der Waals surface area contributed by atoms with E-state index in [2.05, 4.69) is 55.1 Å². The maximum atomic E-state index is 11.8. The molecule has 2 atom stereocenters. The topological polar surface area (TPSA) is 158 Å². The van der Waals surface area contributed by atoms with Gasteiger partial charge in [0, 0.05) is 50.0 Å². The highest BCUT2D eigenvalue weighted by atomic mass is 16.6. The van der Waals surface area contributed by atoms with Gasteiger partial charge in [0.05, 0.1) is 0 Å².